The molecule has 2 heterocycles. The number of hydrogen-bond acceptors (Lipinski definition) is 3. The Bertz CT molecular complexity index is 807. The molecular formula is C15H15ClN6S. The molecule has 0 atom stereocenters. The van der Waals surface area contributed by atoms with Crippen LogP contribution in [0.1, 0.15) is 5.56 Å². The second-order valence-electron chi connectivity index (χ2n) is 5.01. The number of aromatic nitrogens is 4. The summed E-state index contributed by atoms with van der Waals surface area (Å²) < 4.78 is 3.53. The Balaban J connectivity index is 1.58. The van der Waals surface area contributed by atoms with Gasteiger partial charge in [-0.15, -0.1) is 0 Å². The highest BCUT2D eigenvalue weighted by atomic mass is 35.5. The molecule has 0 aliphatic carbocycles. The standard InChI is InChI=1S/C15H15ClN6S/c1-21-7-6-14(20-21)19-15(23)18-13-8-17-22(10-13)9-11-2-4-12(16)5-3-11/h2-8,10H,9H2,1H3,(H2,18,19,20,23). The maximum atomic E-state index is 5.88. The average molecular weight is 347 g/mol. The van der Waals surface area contributed by atoms with Gasteiger partial charge in [0.05, 0.1) is 18.4 Å². The molecule has 6 nitrogen and oxygen atoms in total. The molecule has 0 amide bonds. The van der Waals surface area contributed by atoms with Gasteiger partial charge in [-0.2, -0.15) is 10.2 Å². The van der Waals surface area contributed by atoms with E-state index in [2.05, 4.69) is 20.8 Å². The molecule has 2 aromatic heterocycles. The summed E-state index contributed by atoms with van der Waals surface area (Å²) >= 11 is 11.1. The van der Waals surface area contributed by atoms with Gasteiger partial charge in [0.1, 0.15) is 0 Å². The van der Waals surface area contributed by atoms with Gasteiger partial charge < -0.3 is 10.6 Å². The Labute approximate surface area is 144 Å². The zero-order valence-electron chi connectivity index (χ0n) is 12.4. The van der Waals surface area contributed by atoms with Crippen LogP contribution in [0.2, 0.25) is 5.02 Å². The number of anilines is 2. The van der Waals surface area contributed by atoms with Gasteiger partial charge in [-0.05, 0) is 29.9 Å². The third-order valence-corrected chi connectivity index (χ3v) is 3.56. The predicted octanol–water partition coefficient (Wildman–Crippen LogP) is 3.13. The lowest BCUT2D eigenvalue weighted by Gasteiger charge is -2.06. The smallest absolute Gasteiger partial charge is 0.176 e. The zero-order valence-corrected chi connectivity index (χ0v) is 14.0. The highest BCUT2D eigenvalue weighted by molar-refractivity contribution is 7.80. The van der Waals surface area contributed by atoms with Gasteiger partial charge in [0.25, 0.3) is 0 Å². The van der Waals surface area contributed by atoms with Crippen molar-refractivity contribution in [2.24, 2.45) is 7.05 Å². The van der Waals surface area contributed by atoms with Crippen LogP contribution in [-0.2, 0) is 13.6 Å². The minimum Gasteiger partial charge on any atom is -0.330 e. The zero-order chi connectivity index (χ0) is 16.2. The van der Waals surface area contributed by atoms with Crippen LogP contribution >= 0.6 is 23.8 Å². The first kappa shape index (κ1) is 15.5. The molecule has 3 aromatic rings. The van der Waals surface area contributed by atoms with Gasteiger partial charge in [0, 0.05) is 30.5 Å². The molecular weight excluding hydrogens is 332 g/mol. The van der Waals surface area contributed by atoms with Crippen LogP contribution in [0.4, 0.5) is 11.5 Å². The number of nitrogens with one attached hydrogen (secondary N) is 2. The number of hydrogen-bond donors (Lipinski definition) is 2. The fourth-order valence-electron chi connectivity index (χ4n) is 2.05. The monoisotopic (exact) mass is 346 g/mol. The fraction of sp³-hybridized carbons (Fsp3) is 0.133. The first-order valence-corrected chi connectivity index (χ1v) is 7.72. The van der Waals surface area contributed by atoms with Crippen molar-refractivity contribution in [2.75, 3.05) is 10.6 Å². The van der Waals surface area contributed by atoms with E-state index in [-0.39, 0.29) is 0 Å². The number of thiocarbonyl (C=S) groups is 1. The van der Waals surface area contributed by atoms with Gasteiger partial charge in [-0.25, -0.2) is 0 Å². The number of nitrogens with zero attached hydrogens (tertiary/aromatic N) is 4. The molecule has 8 heteroatoms. The summed E-state index contributed by atoms with van der Waals surface area (Å²) in [4.78, 5) is 0. The van der Waals surface area contributed by atoms with Crippen molar-refractivity contribution in [2.45, 2.75) is 6.54 Å². The minimum absolute atomic E-state index is 0.467. The molecule has 118 valence electrons. The molecule has 0 unspecified atom stereocenters. The predicted molar refractivity (Wildman–Crippen MR) is 95.8 cm³/mol. The van der Waals surface area contributed by atoms with Crippen molar-refractivity contribution in [3.05, 3.63) is 59.5 Å². The van der Waals surface area contributed by atoms with Crippen molar-refractivity contribution < 1.29 is 0 Å². The first-order valence-electron chi connectivity index (χ1n) is 6.93. The van der Waals surface area contributed by atoms with E-state index in [9.17, 15) is 0 Å². The van der Waals surface area contributed by atoms with E-state index in [1.807, 2.05) is 54.5 Å². The van der Waals surface area contributed by atoms with Crippen molar-refractivity contribution in [1.29, 1.82) is 0 Å². The summed E-state index contributed by atoms with van der Waals surface area (Å²) in [5, 5.41) is 15.8. The summed E-state index contributed by atoms with van der Waals surface area (Å²) in [6, 6.07) is 9.53. The van der Waals surface area contributed by atoms with E-state index in [1.165, 1.54) is 0 Å². The first-order chi connectivity index (χ1) is 11.1. The van der Waals surface area contributed by atoms with E-state index in [0.717, 1.165) is 16.3 Å². The van der Waals surface area contributed by atoms with Crippen LogP contribution in [0, 0.1) is 0 Å². The summed E-state index contributed by atoms with van der Waals surface area (Å²) in [5.41, 5.74) is 1.94. The molecule has 23 heavy (non-hydrogen) atoms. The van der Waals surface area contributed by atoms with E-state index < -0.39 is 0 Å². The highest BCUT2D eigenvalue weighted by Gasteiger charge is 2.04. The third kappa shape index (κ3) is 4.30. The molecule has 0 aliphatic heterocycles. The maximum absolute atomic E-state index is 5.88. The lowest BCUT2D eigenvalue weighted by atomic mass is 10.2. The van der Waals surface area contributed by atoms with Gasteiger partial charge >= 0.3 is 0 Å². The SMILES string of the molecule is Cn1ccc(NC(=S)Nc2cnn(Cc3ccc(Cl)cc3)c2)n1. The molecule has 0 fully saturated rings. The summed E-state index contributed by atoms with van der Waals surface area (Å²) in [7, 11) is 1.85. The molecule has 0 saturated carbocycles. The Morgan fingerprint density at radius 2 is 2.00 bits per heavy atom. The van der Waals surface area contributed by atoms with Crippen LogP contribution in [-0.4, -0.2) is 24.7 Å². The Hall–Kier alpha value is -2.38. The number of aryl methyl sites for hydroxylation is 1. The summed E-state index contributed by atoms with van der Waals surface area (Å²) in [5.74, 6) is 0.693. The van der Waals surface area contributed by atoms with Crippen molar-refractivity contribution >= 4 is 40.4 Å². The molecule has 0 bridgehead atoms. The summed E-state index contributed by atoms with van der Waals surface area (Å²) in [6.45, 7) is 0.666. The average Bonchev–Trinajstić information content (AvgIpc) is 3.11. The maximum Gasteiger partial charge on any atom is 0.176 e. The lowest BCUT2D eigenvalue weighted by Crippen LogP contribution is -2.19. The Morgan fingerprint density at radius 3 is 2.70 bits per heavy atom. The van der Waals surface area contributed by atoms with Crippen LogP contribution < -0.4 is 10.6 Å². The molecule has 0 radical (unpaired) electrons. The second kappa shape index (κ2) is 6.80. The largest absolute Gasteiger partial charge is 0.330 e. The van der Waals surface area contributed by atoms with Gasteiger partial charge in [0.15, 0.2) is 10.9 Å². The van der Waals surface area contributed by atoms with Gasteiger partial charge in [-0.1, -0.05) is 23.7 Å². The lowest BCUT2D eigenvalue weighted by molar-refractivity contribution is 0.687. The van der Waals surface area contributed by atoms with Crippen molar-refractivity contribution in [1.82, 2.24) is 19.6 Å². The molecule has 1 aromatic carbocycles. The molecule has 0 spiro atoms. The van der Waals surface area contributed by atoms with E-state index >= 15 is 0 Å². The van der Waals surface area contributed by atoms with Crippen LogP contribution in [0.5, 0.6) is 0 Å². The molecule has 0 saturated heterocycles. The van der Waals surface area contributed by atoms with E-state index in [4.69, 9.17) is 23.8 Å². The Morgan fingerprint density at radius 1 is 1.22 bits per heavy atom. The second-order valence-corrected chi connectivity index (χ2v) is 5.85. The Kier molecular flexibility index (Phi) is 4.59. The van der Waals surface area contributed by atoms with Gasteiger partial charge in [-0.3, -0.25) is 9.36 Å². The number of benzene rings is 1. The molecule has 3 rings (SSSR count). The normalized spacial score (nSPS) is 10.5. The molecule has 0 aliphatic rings. The minimum atomic E-state index is 0.467. The molecule has 2 N–H and O–H groups in total. The van der Waals surface area contributed by atoms with E-state index in [0.29, 0.717) is 17.5 Å². The van der Waals surface area contributed by atoms with Crippen molar-refractivity contribution in [3.63, 3.8) is 0 Å². The quantitative estimate of drug-likeness (QED) is 0.711. The number of rotatable bonds is 4. The van der Waals surface area contributed by atoms with E-state index in [1.54, 1.807) is 10.9 Å². The number of halogens is 1. The van der Waals surface area contributed by atoms with Crippen LogP contribution in [0.25, 0.3) is 0 Å². The van der Waals surface area contributed by atoms with Crippen LogP contribution in [0.15, 0.2) is 48.9 Å². The van der Waals surface area contributed by atoms with Gasteiger partial charge in [0.2, 0.25) is 0 Å². The fourth-order valence-corrected chi connectivity index (χ4v) is 2.40. The summed E-state index contributed by atoms with van der Waals surface area (Å²) in [6.07, 6.45) is 5.46. The topological polar surface area (TPSA) is 59.7 Å². The van der Waals surface area contributed by atoms with Crippen molar-refractivity contribution in [3.8, 4) is 0 Å². The van der Waals surface area contributed by atoms with Crippen LogP contribution in [0.3, 0.4) is 0 Å². The highest BCUT2D eigenvalue weighted by Crippen LogP contribution is 2.12. The third-order valence-electron chi connectivity index (χ3n) is 3.10.